The van der Waals surface area contributed by atoms with Crippen LogP contribution in [0.2, 0.25) is 0 Å². The maximum absolute atomic E-state index is 12.0. The molecule has 4 nitrogen and oxygen atoms in total. The van der Waals surface area contributed by atoms with Crippen LogP contribution < -0.4 is 4.31 Å². The van der Waals surface area contributed by atoms with Crippen molar-refractivity contribution in [2.24, 2.45) is 5.92 Å². The van der Waals surface area contributed by atoms with Crippen LogP contribution in [-0.4, -0.2) is 20.7 Å². The second-order valence-electron chi connectivity index (χ2n) is 4.19. The number of hydrogen-bond acceptors (Lipinski definition) is 3. The molecule has 1 heterocycles. The van der Waals surface area contributed by atoms with Gasteiger partial charge in [-0.05, 0) is 24.1 Å². The van der Waals surface area contributed by atoms with E-state index in [1.165, 1.54) is 4.31 Å². The Hall–Kier alpha value is -1.06. The zero-order valence-electron chi connectivity index (χ0n) is 9.22. The topological polar surface area (TPSA) is 61.2 Å². The lowest BCUT2D eigenvalue weighted by Crippen LogP contribution is -2.26. The summed E-state index contributed by atoms with van der Waals surface area (Å²) in [7, 11) is -3.28. The number of sulfonamides is 1. The van der Waals surface area contributed by atoms with Crippen LogP contribution in [0.15, 0.2) is 22.7 Å². The molecule has 1 atom stereocenters. The Morgan fingerprint density at radius 3 is 2.76 bits per heavy atom. The average molecular weight is 315 g/mol. The number of anilines is 1. The average Bonchev–Trinajstić information content (AvgIpc) is 2.51. The summed E-state index contributed by atoms with van der Waals surface area (Å²) in [6.07, 6.45) is 0. The molecule has 1 aromatic carbocycles. The largest absolute Gasteiger partial charge is 0.269 e. The number of benzene rings is 1. The SMILES string of the molecule is CC1CN(c2cc(Br)ccc2C#N)S(=O)(=O)C1. The van der Waals surface area contributed by atoms with Gasteiger partial charge in [-0.15, -0.1) is 0 Å². The first-order chi connectivity index (χ1) is 7.94. The third-order valence-electron chi connectivity index (χ3n) is 2.66. The summed E-state index contributed by atoms with van der Waals surface area (Å²) in [5.41, 5.74) is 0.845. The first kappa shape index (κ1) is 12.4. The minimum Gasteiger partial charge on any atom is -0.269 e. The molecule has 1 unspecified atom stereocenters. The van der Waals surface area contributed by atoms with Gasteiger partial charge in [0.25, 0.3) is 0 Å². The molecule has 1 aliphatic heterocycles. The highest BCUT2D eigenvalue weighted by Crippen LogP contribution is 2.31. The highest BCUT2D eigenvalue weighted by atomic mass is 79.9. The number of hydrogen-bond donors (Lipinski definition) is 0. The first-order valence-corrected chi connectivity index (χ1v) is 7.54. The van der Waals surface area contributed by atoms with Crippen molar-refractivity contribution in [2.45, 2.75) is 6.92 Å². The van der Waals surface area contributed by atoms with E-state index in [0.29, 0.717) is 17.8 Å². The maximum atomic E-state index is 12.0. The van der Waals surface area contributed by atoms with Crippen LogP contribution in [0, 0.1) is 17.2 Å². The quantitative estimate of drug-likeness (QED) is 0.797. The third-order valence-corrected chi connectivity index (χ3v) is 5.16. The van der Waals surface area contributed by atoms with Gasteiger partial charge in [0.15, 0.2) is 0 Å². The zero-order chi connectivity index (χ0) is 12.6. The fourth-order valence-corrected chi connectivity index (χ4v) is 4.24. The van der Waals surface area contributed by atoms with Gasteiger partial charge in [0.1, 0.15) is 6.07 Å². The second-order valence-corrected chi connectivity index (χ2v) is 7.04. The van der Waals surface area contributed by atoms with Crippen LogP contribution in [-0.2, 0) is 10.0 Å². The lowest BCUT2D eigenvalue weighted by molar-refractivity contribution is 0.598. The highest BCUT2D eigenvalue weighted by molar-refractivity contribution is 9.10. The minimum atomic E-state index is -3.28. The van der Waals surface area contributed by atoms with E-state index in [9.17, 15) is 8.42 Å². The van der Waals surface area contributed by atoms with Crippen molar-refractivity contribution in [3.05, 3.63) is 28.2 Å². The Morgan fingerprint density at radius 1 is 1.53 bits per heavy atom. The van der Waals surface area contributed by atoms with Gasteiger partial charge in [-0.2, -0.15) is 5.26 Å². The predicted octanol–water partition coefficient (Wildman–Crippen LogP) is 2.11. The Morgan fingerprint density at radius 2 is 2.24 bits per heavy atom. The molecule has 0 aliphatic carbocycles. The van der Waals surface area contributed by atoms with Gasteiger partial charge in [0, 0.05) is 11.0 Å². The van der Waals surface area contributed by atoms with E-state index in [2.05, 4.69) is 15.9 Å². The molecule has 0 bridgehead atoms. The van der Waals surface area contributed by atoms with Crippen LogP contribution in [0.5, 0.6) is 0 Å². The van der Waals surface area contributed by atoms with Crippen molar-refractivity contribution in [1.82, 2.24) is 0 Å². The Bertz CT molecular complexity index is 592. The molecular weight excluding hydrogens is 304 g/mol. The van der Waals surface area contributed by atoms with Crippen molar-refractivity contribution in [3.8, 4) is 6.07 Å². The standard InChI is InChI=1S/C11H11BrN2O2S/c1-8-6-14(17(15,16)7-8)11-4-10(12)3-2-9(11)5-13/h2-4,8H,6-7H2,1H3. The second kappa shape index (κ2) is 4.31. The van der Waals surface area contributed by atoms with E-state index in [0.717, 1.165) is 4.47 Å². The number of halogens is 1. The van der Waals surface area contributed by atoms with Gasteiger partial charge < -0.3 is 0 Å². The smallest absolute Gasteiger partial charge is 0.235 e. The number of nitriles is 1. The molecule has 0 amide bonds. The van der Waals surface area contributed by atoms with Crippen LogP contribution in [0.1, 0.15) is 12.5 Å². The Labute approximate surface area is 109 Å². The lowest BCUT2D eigenvalue weighted by atomic mass is 10.1. The lowest BCUT2D eigenvalue weighted by Gasteiger charge is -2.18. The highest BCUT2D eigenvalue weighted by Gasteiger charge is 2.34. The third kappa shape index (κ3) is 2.31. The summed E-state index contributed by atoms with van der Waals surface area (Å²) in [6, 6.07) is 7.05. The van der Waals surface area contributed by atoms with E-state index >= 15 is 0 Å². The zero-order valence-corrected chi connectivity index (χ0v) is 11.6. The Kier molecular flexibility index (Phi) is 3.15. The fraction of sp³-hybridized carbons (Fsp3) is 0.364. The summed E-state index contributed by atoms with van der Waals surface area (Å²) < 4.78 is 26.0. The Balaban J connectivity index is 2.55. The van der Waals surface area contributed by atoms with Crippen LogP contribution in [0.4, 0.5) is 5.69 Å². The van der Waals surface area contributed by atoms with E-state index < -0.39 is 10.0 Å². The number of rotatable bonds is 1. The van der Waals surface area contributed by atoms with Gasteiger partial charge in [-0.25, -0.2) is 8.42 Å². The molecule has 2 rings (SSSR count). The van der Waals surface area contributed by atoms with Crippen LogP contribution in [0.25, 0.3) is 0 Å². The molecule has 0 aromatic heterocycles. The van der Waals surface area contributed by atoms with Gasteiger partial charge in [0.2, 0.25) is 10.0 Å². The van der Waals surface area contributed by atoms with Crippen molar-refractivity contribution in [2.75, 3.05) is 16.6 Å². The maximum Gasteiger partial charge on any atom is 0.235 e. The molecule has 90 valence electrons. The van der Waals surface area contributed by atoms with Crippen molar-refractivity contribution < 1.29 is 8.42 Å². The van der Waals surface area contributed by atoms with Gasteiger partial charge >= 0.3 is 0 Å². The molecule has 1 aliphatic rings. The van der Waals surface area contributed by atoms with Gasteiger partial charge in [-0.3, -0.25) is 4.31 Å². The molecule has 1 saturated heterocycles. The van der Waals surface area contributed by atoms with E-state index in [1.807, 2.05) is 13.0 Å². The molecule has 1 aromatic rings. The molecule has 0 saturated carbocycles. The number of nitrogens with zero attached hydrogens (tertiary/aromatic N) is 2. The summed E-state index contributed by atoms with van der Waals surface area (Å²) in [5, 5.41) is 9.02. The first-order valence-electron chi connectivity index (χ1n) is 5.14. The van der Waals surface area contributed by atoms with E-state index in [1.54, 1.807) is 18.2 Å². The van der Waals surface area contributed by atoms with Crippen molar-refractivity contribution in [3.63, 3.8) is 0 Å². The normalized spacial score (nSPS) is 22.4. The predicted molar refractivity (Wildman–Crippen MR) is 69.2 cm³/mol. The van der Waals surface area contributed by atoms with E-state index in [-0.39, 0.29) is 11.7 Å². The fourth-order valence-electron chi connectivity index (χ4n) is 1.95. The minimum absolute atomic E-state index is 0.0884. The molecule has 17 heavy (non-hydrogen) atoms. The van der Waals surface area contributed by atoms with Crippen LogP contribution in [0.3, 0.4) is 0 Å². The summed E-state index contributed by atoms with van der Waals surface area (Å²) in [6.45, 7) is 2.33. The monoisotopic (exact) mass is 314 g/mol. The van der Waals surface area contributed by atoms with Gasteiger partial charge in [0.05, 0.1) is 17.0 Å². The summed E-state index contributed by atoms with van der Waals surface area (Å²) in [4.78, 5) is 0. The molecule has 0 spiro atoms. The van der Waals surface area contributed by atoms with Crippen molar-refractivity contribution in [1.29, 1.82) is 5.26 Å². The molecule has 1 fully saturated rings. The molecule has 0 radical (unpaired) electrons. The van der Waals surface area contributed by atoms with E-state index in [4.69, 9.17) is 5.26 Å². The van der Waals surface area contributed by atoms with Crippen molar-refractivity contribution >= 4 is 31.6 Å². The molecule has 6 heteroatoms. The molecular formula is C11H11BrN2O2S. The van der Waals surface area contributed by atoms with Gasteiger partial charge in [-0.1, -0.05) is 22.9 Å². The summed E-state index contributed by atoms with van der Waals surface area (Å²) in [5.74, 6) is 0.232. The van der Waals surface area contributed by atoms with Crippen LogP contribution >= 0.6 is 15.9 Å². The summed E-state index contributed by atoms with van der Waals surface area (Å²) >= 11 is 3.29. The molecule has 0 N–H and O–H groups in total.